The van der Waals surface area contributed by atoms with Gasteiger partial charge in [0, 0.05) is 22.9 Å². The van der Waals surface area contributed by atoms with Crippen LogP contribution in [0.4, 0.5) is 16.2 Å². The van der Waals surface area contributed by atoms with Gasteiger partial charge in [-0.3, -0.25) is 5.32 Å². The molecule has 0 atom stereocenters. The van der Waals surface area contributed by atoms with Crippen LogP contribution >= 0.6 is 11.6 Å². The maximum absolute atomic E-state index is 11.8. The van der Waals surface area contributed by atoms with E-state index in [4.69, 9.17) is 16.3 Å². The molecule has 5 heteroatoms. The zero-order valence-corrected chi connectivity index (χ0v) is 14.3. The quantitative estimate of drug-likeness (QED) is 0.798. The molecule has 0 heterocycles. The smallest absolute Gasteiger partial charge is 0.412 e. The van der Waals surface area contributed by atoms with E-state index in [0.29, 0.717) is 12.2 Å². The molecule has 0 aromatic heterocycles. The molecule has 0 aliphatic carbocycles. The Balaban J connectivity index is 1.97. The molecule has 0 fully saturated rings. The number of hydrogen-bond acceptors (Lipinski definition) is 3. The largest absolute Gasteiger partial charge is 0.444 e. The maximum Gasteiger partial charge on any atom is 0.412 e. The first kappa shape index (κ1) is 17.2. The Kier molecular flexibility index (Phi) is 5.50. The SMILES string of the molecule is CC(C)(C)OC(=O)Nc1cccc(NCc2ccccc2Cl)c1. The summed E-state index contributed by atoms with van der Waals surface area (Å²) in [5.74, 6) is 0. The Labute approximate surface area is 141 Å². The lowest BCUT2D eigenvalue weighted by Gasteiger charge is -2.19. The number of carbonyl (C=O) groups excluding carboxylic acids is 1. The average Bonchev–Trinajstić information content (AvgIpc) is 2.45. The molecule has 0 spiro atoms. The Hall–Kier alpha value is -2.20. The molecule has 0 saturated heterocycles. The minimum Gasteiger partial charge on any atom is -0.444 e. The molecule has 0 radical (unpaired) electrons. The minimum atomic E-state index is -0.524. The predicted octanol–water partition coefficient (Wildman–Crippen LogP) is 5.30. The van der Waals surface area contributed by atoms with Crippen molar-refractivity contribution in [1.29, 1.82) is 0 Å². The average molecular weight is 333 g/mol. The van der Waals surface area contributed by atoms with Gasteiger partial charge in [0.2, 0.25) is 0 Å². The Morgan fingerprint density at radius 1 is 1.09 bits per heavy atom. The second-order valence-electron chi connectivity index (χ2n) is 6.15. The number of hydrogen-bond donors (Lipinski definition) is 2. The van der Waals surface area contributed by atoms with Gasteiger partial charge in [0.25, 0.3) is 0 Å². The van der Waals surface area contributed by atoms with Crippen LogP contribution in [0.3, 0.4) is 0 Å². The summed E-state index contributed by atoms with van der Waals surface area (Å²) in [7, 11) is 0. The summed E-state index contributed by atoms with van der Waals surface area (Å²) in [6.07, 6.45) is -0.472. The van der Waals surface area contributed by atoms with E-state index in [1.165, 1.54) is 0 Å². The van der Waals surface area contributed by atoms with Crippen molar-refractivity contribution in [2.24, 2.45) is 0 Å². The Morgan fingerprint density at radius 3 is 2.48 bits per heavy atom. The highest BCUT2D eigenvalue weighted by Crippen LogP contribution is 2.20. The molecule has 4 nitrogen and oxygen atoms in total. The van der Waals surface area contributed by atoms with Gasteiger partial charge in [-0.1, -0.05) is 35.9 Å². The van der Waals surface area contributed by atoms with E-state index in [2.05, 4.69) is 10.6 Å². The molecule has 0 bridgehead atoms. The van der Waals surface area contributed by atoms with Crippen LogP contribution in [-0.4, -0.2) is 11.7 Å². The highest BCUT2D eigenvalue weighted by atomic mass is 35.5. The third kappa shape index (κ3) is 5.83. The van der Waals surface area contributed by atoms with Crippen molar-refractivity contribution in [2.75, 3.05) is 10.6 Å². The van der Waals surface area contributed by atoms with E-state index < -0.39 is 11.7 Å². The Bertz CT molecular complexity index is 681. The third-order valence-electron chi connectivity index (χ3n) is 2.95. The van der Waals surface area contributed by atoms with Crippen molar-refractivity contribution < 1.29 is 9.53 Å². The van der Waals surface area contributed by atoms with Gasteiger partial charge in [-0.05, 0) is 50.6 Å². The standard InChI is InChI=1S/C18H21ClN2O2/c1-18(2,3)23-17(22)21-15-9-6-8-14(11-15)20-12-13-7-4-5-10-16(13)19/h4-11,20H,12H2,1-3H3,(H,21,22). The molecule has 2 rings (SSSR count). The Morgan fingerprint density at radius 2 is 1.78 bits per heavy atom. The summed E-state index contributed by atoms with van der Waals surface area (Å²) < 4.78 is 5.24. The van der Waals surface area contributed by atoms with E-state index in [0.717, 1.165) is 16.3 Å². The number of carbonyl (C=O) groups is 1. The monoisotopic (exact) mass is 332 g/mol. The molecule has 0 unspecified atom stereocenters. The number of nitrogens with one attached hydrogen (secondary N) is 2. The summed E-state index contributed by atoms with van der Waals surface area (Å²) in [5, 5.41) is 6.73. The van der Waals surface area contributed by atoms with Gasteiger partial charge in [-0.2, -0.15) is 0 Å². The molecule has 1 amide bonds. The summed E-state index contributed by atoms with van der Waals surface area (Å²) >= 11 is 6.14. The van der Waals surface area contributed by atoms with Crippen LogP contribution in [-0.2, 0) is 11.3 Å². The lowest BCUT2D eigenvalue weighted by molar-refractivity contribution is 0.0636. The molecule has 2 aromatic carbocycles. The van der Waals surface area contributed by atoms with E-state index in [1.54, 1.807) is 0 Å². The van der Waals surface area contributed by atoms with Crippen LogP contribution in [0.5, 0.6) is 0 Å². The lowest BCUT2D eigenvalue weighted by atomic mass is 10.2. The molecular weight excluding hydrogens is 312 g/mol. The number of benzene rings is 2. The van der Waals surface area contributed by atoms with E-state index in [-0.39, 0.29) is 0 Å². The van der Waals surface area contributed by atoms with Crippen molar-refractivity contribution in [3.63, 3.8) is 0 Å². The molecule has 0 saturated carbocycles. The van der Waals surface area contributed by atoms with E-state index >= 15 is 0 Å². The predicted molar refractivity (Wildman–Crippen MR) is 95.1 cm³/mol. The minimum absolute atomic E-state index is 0.472. The molecule has 2 aromatic rings. The number of amides is 1. The van der Waals surface area contributed by atoms with Gasteiger partial charge in [0.15, 0.2) is 0 Å². The summed E-state index contributed by atoms with van der Waals surface area (Å²) in [4.78, 5) is 11.8. The fraction of sp³-hybridized carbons (Fsp3) is 0.278. The van der Waals surface area contributed by atoms with Crippen molar-refractivity contribution in [3.05, 3.63) is 59.1 Å². The first-order chi connectivity index (χ1) is 10.8. The topological polar surface area (TPSA) is 50.4 Å². The number of ether oxygens (including phenoxy) is 1. The zero-order valence-electron chi connectivity index (χ0n) is 13.5. The maximum atomic E-state index is 11.8. The van der Waals surface area contributed by atoms with Gasteiger partial charge in [-0.15, -0.1) is 0 Å². The highest BCUT2D eigenvalue weighted by molar-refractivity contribution is 6.31. The number of rotatable bonds is 4. The van der Waals surface area contributed by atoms with Crippen molar-refractivity contribution in [2.45, 2.75) is 32.9 Å². The zero-order chi connectivity index (χ0) is 16.9. The molecule has 23 heavy (non-hydrogen) atoms. The van der Waals surface area contributed by atoms with Crippen LogP contribution in [0.15, 0.2) is 48.5 Å². The fourth-order valence-corrected chi connectivity index (χ4v) is 2.17. The van der Waals surface area contributed by atoms with Crippen molar-refractivity contribution in [1.82, 2.24) is 0 Å². The molecule has 0 aliphatic heterocycles. The molecule has 2 N–H and O–H groups in total. The molecule has 122 valence electrons. The summed E-state index contributed by atoms with van der Waals surface area (Å²) in [6, 6.07) is 15.1. The van der Waals surface area contributed by atoms with Gasteiger partial charge in [0.1, 0.15) is 5.60 Å². The van der Waals surface area contributed by atoms with E-state index in [9.17, 15) is 4.79 Å². The lowest BCUT2D eigenvalue weighted by Crippen LogP contribution is -2.27. The molecule has 0 aliphatic rings. The first-order valence-electron chi connectivity index (χ1n) is 7.41. The van der Waals surface area contributed by atoms with Gasteiger partial charge in [-0.25, -0.2) is 4.79 Å². The van der Waals surface area contributed by atoms with Gasteiger partial charge in [0.05, 0.1) is 0 Å². The van der Waals surface area contributed by atoms with Crippen LogP contribution in [0.2, 0.25) is 5.02 Å². The van der Waals surface area contributed by atoms with E-state index in [1.807, 2.05) is 69.3 Å². The van der Waals surface area contributed by atoms with Gasteiger partial charge < -0.3 is 10.1 Å². The second-order valence-corrected chi connectivity index (χ2v) is 6.56. The van der Waals surface area contributed by atoms with Crippen LogP contribution < -0.4 is 10.6 Å². The number of halogens is 1. The van der Waals surface area contributed by atoms with Gasteiger partial charge >= 0.3 is 6.09 Å². The normalized spacial score (nSPS) is 11.0. The third-order valence-corrected chi connectivity index (χ3v) is 3.32. The fourth-order valence-electron chi connectivity index (χ4n) is 1.97. The summed E-state index contributed by atoms with van der Waals surface area (Å²) in [6.45, 7) is 6.09. The first-order valence-corrected chi connectivity index (χ1v) is 7.79. The second kappa shape index (κ2) is 7.38. The van der Waals surface area contributed by atoms with Crippen molar-refractivity contribution >= 4 is 29.1 Å². The van der Waals surface area contributed by atoms with Crippen LogP contribution in [0, 0.1) is 0 Å². The highest BCUT2D eigenvalue weighted by Gasteiger charge is 2.16. The van der Waals surface area contributed by atoms with Crippen molar-refractivity contribution in [3.8, 4) is 0 Å². The van der Waals surface area contributed by atoms with Crippen LogP contribution in [0.25, 0.3) is 0 Å². The molecular formula is C18H21ClN2O2. The number of anilines is 2. The summed E-state index contributed by atoms with van der Waals surface area (Å²) in [5.41, 5.74) is 2.05. The van der Waals surface area contributed by atoms with Crippen LogP contribution in [0.1, 0.15) is 26.3 Å².